The molecule has 106 valence electrons. The molecular formula is C13H22F3NO. The van der Waals surface area contributed by atoms with Crippen LogP contribution in [0.25, 0.3) is 0 Å². The van der Waals surface area contributed by atoms with E-state index in [0.29, 0.717) is 0 Å². The summed E-state index contributed by atoms with van der Waals surface area (Å²) in [5.74, 6) is -1.13. The number of amides is 1. The van der Waals surface area contributed by atoms with Crippen LogP contribution in [0.5, 0.6) is 0 Å². The van der Waals surface area contributed by atoms with Gasteiger partial charge in [0.1, 0.15) is 5.57 Å². The van der Waals surface area contributed by atoms with E-state index in [4.69, 9.17) is 0 Å². The molecule has 0 saturated heterocycles. The molecule has 0 heterocycles. The minimum atomic E-state index is -4.66. The highest BCUT2D eigenvalue weighted by Gasteiger charge is 2.37. The number of carbonyl (C=O) groups excluding carboxylic acids is 1. The smallest absolute Gasteiger partial charge is 0.352 e. The van der Waals surface area contributed by atoms with Crippen molar-refractivity contribution in [3.05, 3.63) is 12.2 Å². The Morgan fingerprint density at radius 2 is 1.78 bits per heavy atom. The lowest BCUT2D eigenvalue weighted by atomic mass is 9.87. The normalized spacial score (nSPS) is 12.3. The average Bonchev–Trinajstić information content (AvgIpc) is 2.24. The number of unbranched alkanes of at least 4 members (excludes halogenated alkanes) is 2. The Balaban J connectivity index is 4.15. The molecule has 0 atom stereocenters. The van der Waals surface area contributed by atoms with Gasteiger partial charge in [-0.1, -0.05) is 46.6 Å². The minimum Gasteiger partial charge on any atom is -0.352 e. The van der Waals surface area contributed by atoms with Crippen molar-refractivity contribution >= 4 is 5.91 Å². The number of nitrogens with one attached hydrogen (secondary N) is 1. The predicted octanol–water partition coefficient (Wildman–Crippen LogP) is 3.83. The van der Waals surface area contributed by atoms with Crippen molar-refractivity contribution in [2.75, 3.05) is 6.54 Å². The summed E-state index contributed by atoms with van der Waals surface area (Å²) in [6, 6.07) is 0. The lowest BCUT2D eigenvalue weighted by molar-refractivity contribution is -0.130. The number of hydrogen-bond donors (Lipinski definition) is 1. The molecular weight excluding hydrogens is 243 g/mol. The molecule has 0 spiro atoms. The highest BCUT2D eigenvalue weighted by Crippen LogP contribution is 2.25. The molecule has 0 aromatic heterocycles. The van der Waals surface area contributed by atoms with E-state index in [2.05, 4.69) is 18.8 Å². The fourth-order valence-electron chi connectivity index (χ4n) is 1.50. The van der Waals surface area contributed by atoms with E-state index in [0.717, 1.165) is 25.7 Å². The van der Waals surface area contributed by atoms with Crippen molar-refractivity contribution in [3.8, 4) is 0 Å². The van der Waals surface area contributed by atoms with Crippen LogP contribution in [-0.2, 0) is 4.79 Å². The van der Waals surface area contributed by atoms with Gasteiger partial charge >= 0.3 is 6.18 Å². The second-order valence-corrected chi connectivity index (χ2v) is 5.28. The monoisotopic (exact) mass is 265 g/mol. The molecule has 0 aliphatic carbocycles. The summed E-state index contributed by atoms with van der Waals surface area (Å²) in [4.78, 5) is 11.2. The summed E-state index contributed by atoms with van der Waals surface area (Å²) in [6.45, 7) is 8.94. The van der Waals surface area contributed by atoms with Crippen LogP contribution >= 0.6 is 0 Å². The van der Waals surface area contributed by atoms with E-state index in [9.17, 15) is 18.0 Å². The Labute approximate surface area is 107 Å². The first-order valence-corrected chi connectivity index (χ1v) is 6.14. The Morgan fingerprint density at radius 1 is 1.22 bits per heavy atom. The molecule has 0 radical (unpaired) electrons. The Hall–Kier alpha value is -1.00. The maximum Gasteiger partial charge on any atom is 0.421 e. The second-order valence-electron chi connectivity index (χ2n) is 5.28. The van der Waals surface area contributed by atoms with Gasteiger partial charge in [-0.2, -0.15) is 13.2 Å². The zero-order valence-electron chi connectivity index (χ0n) is 11.3. The summed E-state index contributed by atoms with van der Waals surface area (Å²) in [5.41, 5.74) is -1.54. The largest absolute Gasteiger partial charge is 0.421 e. The molecule has 0 aromatic rings. The highest BCUT2D eigenvalue weighted by atomic mass is 19.4. The molecule has 18 heavy (non-hydrogen) atoms. The molecule has 2 nitrogen and oxygen atoms in total. The zero-order chi connectivity index (χ0) is 14.4. The van der Waals surface area contributed by atoms with E-state index in [-0.39, 0.29) is 12.0 Å². The molecule has 0 saturated carbocycles. The van der Waals surface area contributed by atoms with Crippen molar-refractivity contribution in [1.29, 1.82) is 0 Å². The van der Waals surface area contributed by atoms with Crippen LogP contribution in [0.4, 0.5) is 13.2 Å². The predicted molar refractivity (Wildman–Crippen MR) is 66.1 cm³/mol. The molecule has 0 aliphatic heterocycles. The third-order valence-electron chi connectivity index (χ3n) is 2.80. The van der Waals surface area contributed by atoms with Crippen molar-refractivity contribution in [2.45, 2.75) is 52.6 Å². The van der Waals surface area contributed by atoms with Crippen molar-refractivity contribution in [2.24, 2.45) is 5.41 Å². The molecule has 0 unspecified atom stereocenters. The van der Waals surface area contributed by atoms with E-state index < -0.39 is 17.7 Å². The van der Waals surface area contributed by atoms with E-state index in [1.54, 1.807) is 0 Å². The minimum absolute atomic E-state index is 0.198. The van der Waals surface area contributed by atoms with Gasteiger partial charge in [0.05, 0.1) is 0 Å². The van der Waals surface area contributed by atoms with Gasteiger partial charge in [0, 0.05) is 6.54 Å². The molecule has 5 heteroatoms. The van der Waals surface area contributed by atoms with Gasteiger partial charge in [-0.25, -0.2) is 0 Å². The van der Waals surface area contributed by atoms with Gasteiger partial charge in [0.2, 0.25) is 0 Å². The molecule has 0 fully saturated rings. The topological polar surface area (TPSA) is 29.1 Å². The Bertz CT molecular complexity index is 295. The molecule has 0 aromatic carbocycles. The van der Waals surface area contributed by atoms with Gasteiger partial charge in [-0.15, -0.1) is 0 Å². The van der Waals surface area contributed by atoms with E-state index in [1.807, 2.05) is 13.8 Å². The lowest BCUT2D eigenvalue weighted by Gasteiger charge is -2.25. The number of halogens is 3. The number of carbonyl (C=O) groups is 1. The maximum atomic E-state index is 12.2. The maximum absolute atomic E-state index is 12.2. The van der Waals surface area contributed by atoms with Crippen LogP contribution in [-0.4, -0.2) is 18.6 Å². The number of alkyl halides is 3. The number of hydrogen-bond acceptors (Lipinski definition) is 1. The van der Waals surface area contributed by atoms with Crippen LogP contribution in [0.15, 0.2) is 12.2 Å². The van der Waals surface area contributed by atoms with Crippen molar-refractivity contribution in [1.82, 2.24) is 5.32 Å². The second kappa shape index (κ2) is 6.81. The summed E-state index contributed by atoms with van der Waals surface area (Å²) >= 11 is 0. The first-order valence-electron chi connectivity index (χ1n) is 6.14. The summed E-state index contributed by atoms with van der Waals surface area (Å²) in [7, 11) is 0. The molecule has 1 amide bonds. The van der Waals surface area contributed by atoms with Crippen molar-refractivity contribution in [3.63, 3.8) is 0 Å². The van der Waals surface area contributed by atoms with Crippen LogP contribution in [0.1, 0.15) is 46.5 Å². The van der Waals surface area contributed by atoms with Crippen LogP contribution in [0.2, 0.25) is 0 Å². The SMILES string of the molecule is C=C(C(=O)NCC(C)(C)CCCCC)C(F)(F)F. The van der Waals surface area contributed by atoms with Gasteiger partial charge in [-0.3, -0.25) is 4.79 Å². The quantitative estimate of drug-likeness (QED) is 0.550. The summed E-state index contributed by atoms with van der Waals surface area (Å²) in [6.07, 6.45) is -0.588. The van der Waals surface area contributed by atoms with Crippen LogP contribution < -0.4 is 5.32 Å². The first-order chi connectivity index (χ1) is 8.10. The van der Waals surface area contributed by atoms with Gasteiger partial charge in [0.15, 0.2) is 0 Å². The Morgan fingerprint density at radius 3 is 2.22 bits per heavy atom. The molecule has 0 rings (SSSR count). The summed E-state index contributed by atoms with van der Waals surface area (Å²) < 4.78 is 36.6. The third-order valence-corrected chi connectivity index (χ3v) is 2.80. The highest BCUT2D eigenvalue weighted by molar-refractivity contribution is 5.94. The summed E-state index contributed by atoms with van der Waals surface area (Å²) in [5, 5.41) is 2.30. The van der Waals surface area contributed by atoms with Gasteiger partial charge < -0.3 is 5.32 Å². The molecule has 1 N–H and O–H groups in total. The van der Waals surface area contributed by atoms with Crippen LogP contribution in [0, 0.1) is 5.41 Å². The van der Waals surface area contributed by atoms with Gasteiger partial charge in [0.25, 0.3) is 5.91 Å². The van der Waals surface area contributed by atoms with Gasteiger partial charge in [-0.05, 0) is 11.8 Å². The molecule has 0 bridgehead atoms. The standard InChI is InChI=1S/C13H22F3NO/c1-5-6-7-8-12(3,4)9-17-11(18)10(2)13(14,15)16/h2,5-9H2,1,3-4H3,(H,17,18). The van der Waals surface area contributed by atoms with E-state index >= 15 is 0 Å². The zero-order valence-corrected chi connectivity index (χ0v) is 11.3. The van der Waals surface area contributed by atoms with Crippen molar-refractivity contribution < 1.29 is 18.0 Å². The Kier molecular flexibility index (Phi) is 6.43. The fraction of sp³-hybridized carbons (Fsp3) is 0.769. The lowest BCUT2D eigenvalue weighted by Crippen LogP contribution is -2.37. The first kappa shape index (κ1) is 17.0. The van der Waals surface area contributed by atoms with E-state index in [1.165, 1.54) is 0 Å². The number of rotatable bonds is 7. The molecule has 0 aliphatic rings. The third kappa shape index (κ3) is 6.67. The van der Waals surface area contributed by atoms with Crippen LogP contribution in [0.3, 0.4) is 0 Å². The average molecular weight is 265 g/mol. The fourth-order valence-corrected chi connectivity index (χ4v) is 1.50.